The minimum Gasteiger partial charge on any atom is -0.461 e. The monoisotopic (exact) mass is 526 g/mol. The molecule has 0 unspecified atom stereocenters. The van der Waals surface area contributed by atoms with Gasteiger partial charge in [-0.3, -0.25) is 0 Å². The summed E-state index contributed by atoms with van der Waals surface area (Å²) in [5, 5.41) is 21.5. The van der Waals surface area contributed by atoms with E-state index in [-0.39, 0.29) is 26.0 Å². The zero-order chi connectivity index (χ0) is 27.2. The van der Waals surface area contributed by atoms with Gasteiger partial charge in [-0.2, -0.15) is 9.64 Å². The minimum absolute atomic E-state index is 0.00899. The Morgan fingerprint density at radius 1 is 1.19 bits per heavy atom. The van der Waals surface area contributed by atoms with E-state index in [1.807, 2.05) is 30.9 Å². The molecule has 196 valence electrons. The molecule has 0 saturated heterocycles. The van der Waals surface area contributed by atoms with Crippen LogP contribution in [0.5, 0.6) is 0 Å². The summed E-state index contributed by atoms with van der Waals surface area (Å²) in [6.45, 7) is 13.5. The summed E-state index contributed by atoms with van der Waals surface area (Å²) in [7, 11) is 0. The highest BCUT2D eigenvalue weighted by atomic mass is 32.1. The first kappa shape index (κ1) is 29.2. The average molecular weight is 527 g/mol. The van der Waals surface area contributed by atoms with Crippen molar-refractivity contribution >= 4 is 45.5 Å². The predicted molar refractivity (Wildman–Crippen MR) is 141 cm³/mol. The van der Waals surface area contributed by atoms with E-state index in [1.165, 1.54) is 0 Å². The molecule has 12 heteroatoms. The van der Waals surface area contributed by atoms with Gasteiger partial charge in [-0.1, -0.05) is 13.2 Å². The molecule has 1 N–H and O–H groups in total. The van der Waals surface area contributed by atoms with Gasteiger partial charge in [0.1, 0.15) is 37.3 Å². The number of nitrogens with one attached hydrogen (secondary N) is 1. The van der Waals surface area contributed by atoms with Gasteiger partial charge < -0.3 is 24.4 Å². The van der Waals surface area contributed by atoms with Gasteiger partial charge in [0, 0.05) is 17.8 Å². The molecular weight excluding hydrogens is 496 g/mol. The van der Waals surface area contributed by atoms with Gasteiger partial charge in [-0.15, -0.1) is 10.2 Å². The first-order valence-electron chi connectivity index (χ1n) is 11.4. The van der Waals surface area contributed by atoms with Gasteiger partial charge in [0.25, 0.3) is 0 Å². The normalized spacial score (nSPS) is 10.7. The number of hydrogen-bond donors (Lipinski definition) is 1. The van der Waals surface area contributed by atoms with Crippen molar-refractivity contribution in [1.82, 2.24) is 4.37 Å². The van der Waals surface area contributed by atoms with Gasteiger partial charge >= 0.3 is 11.9 Å². The number of aromatic nitrogens is 1. The largest absolute Gasteiger partial charge is 0.461 e. The molecule has 0 atom stereocenters. The molecule has 0 saturated carbocycles. The lowest BCUT2D eigenvalue weighted by atomic mass is 10.2. The number of benzene rings is 1. The summed E-state index contributed by atoms with van der Waals surface area (Å²) < 4.78 is 20.0. The average Bonchev–Trinajstić information content (AvgIpc) is 3.25. The molecule has 11 nitrogen and oxygen atoms in total. The number of aryl methyl sites for hydroxylation is 1. The Bertz CT molecular complexity index is 1140. The second kappa shape index (κ2) is 15.1. The number of hydrogen-bond acceptors (Lipinski definition) is 12. The van der Waals surface area contributed by atoms with Crippen LogP contribution in [0.1, 0.15) is 25.1 Å². The summed E-state index contributed by atoms with van der Waals surface area (Å²) in [4.78, 5) is 24.8. The Morgan fingerprint density at radius 3 is 2.41 bits per heavy atom. The maximum atomic E-state index is 11.5. The van der Waals surface area contributed by atoms with Gasteiger partial charge in [0.15, 0.2) is 5.00 Å². The fourth-order valence-electron chi connectivity index (χ4n) is 2.89. The molecule has 0 radical (unpaired) electrons. The van der Waals surface area contributed by atoms with Crippen LogP contribution in [-0.2, 0) is 23.8 Å². The van der Waals surface area contributed by atoms with Crippen molar-refractivity contribution in [3.05, 3.63) is 54.8 Å². The van der Waals surface area contributed by atoms with Crippen molar-refractivity contribution in [2.75, 3.05) is 43.3 Å². The van der Waals surface area contributed by atoms with Crippen molar-refractivity contribution in [2.45, 2.75) is 26.9 Å². The maximum Gasteiger partial charge on any atom is 0.330 e. The first-order chi connectivity index (χ1) is 17.8. The highest BCUT2D eigenvalue weighted by molar-refractivity contribution is 7.10. The lowest BCUT2D eigenvalue weighted by molar-refractivity contribution is -0.137. The Morgan fingerprint density at radius 2 is 1.84 bits per heavy atom. The number of rotatable bonds is 15. The molecule has 0 aliphatic carbocycles. The fourth-order valence-corrected chi connectivity index (χ4v) is 3.57. The van der Waals surface area contributed by atoms with Crippen LogP contribution >= 0.6 is 11.5 Å². The molecule has 0 aliphatic heterocycles. The number of carbonyl (C=O) groups is 2. The Hall–Kier alpha value is -4.08. The van der Waals surface area contributed by atoms with E-state index in [9.17, 15) is 14.9 Å². The molecule has 0 bridgehead atoms. The van der Waals surface area contributed by atoms with Crippen LogP contribution in [0.4, 0.5) is 22.1 Å². The molecular formula is C25H30N6O5S. The molecule has 0 aliphatic rings. The van der Waals surface area contributed by atoms with Gasteiger partial charge in [-0.25, -0.2) is 9.59 Å². The number of ether oxygens (including phenoxy) is 3. The van der Waals surface area contributed by atoms with E-state index in [0.29, 0.717) is 40.7 Å². The molecule has 1 aromatic carbocycles. The van der Waals surface area contributed by atoms with Crippen LogP contribution in [0.15, 0.2) is 53.7 Å². The van der Waals surface area contributed by atoms with Crippen molar-refractivity contribution in [3.8, 4) is 6.07 Å². The van der Waals surface area contributed by atoms with Crippen LogP contribution in [0.25, 0.3) is 0 Å². The van der Waals surface area contributed by atoms with Crippen LogP contribution in [0.2, 0.25) is 0 Å². The van der Waals surface area contributed by atoms with Crippen LogP contribution in [0, 0.1) is 18.3 Å². The fraction of sp³-hybridized carbons (Fsp3) is 0.360. The van der Waals surface area contributed by atoms with Crippen molar-refractivity contribution in [1.29, 1.82) is 5.26 Å². The SMILES string of the molecule is C=CC(=O)OCCN(CCOC(=O)C=C)c1ccc(N=Nc2snc(C)c2C#N)c(NCOC(C)C)c1. The lowest BCUT2D eigenvalue weighted by Crippen LogP contribution is -2.32. The smallest absolute Gasteiger partial charge is 0.330 e. The number of carbonyl (C=O) groups excluding carboxylic acids is 2. The van der Waals surface area contributed by atoms with Crippen LogP contribution < -0.4 is 10.2 Å². The summed E-state index contributed by atoms with van der Waals surface area (Å²) in [5.74, 6) is -1.06. The molecule has 0 amide bonds. The maximum absolute atomic E-state index is 11.5. The summed E-state index contributed by atoms with van der Waals surface area (Å²) in [5.41, 5.74) is 2.88. The van der Waals surface area contributed by atoms with Crippen LogP contribution in [-0.4, -0.2) is 55.5 Å². The quantitative estimate of drug-likeness (QED) is 0.150. The number of anilines is 2. The Labute approximate surface area is 220 Å². The molecule has 1 heterocycles. The lowest BCUT2D eigenvalue weighted by Gasteiger charge is -2.25. The second-order valence-electron chi connectivity index (χ2n) is 7.73. The standard InChI is InChI=1S/C25H30N6O5S/c1-6-23(32)34-12-10-31(11-13-35-24(33)7-2)19-8-9-21(22(14-19)27-16-36-17(3)4)28-29-25-20(15-26)18(5)30-37-25/h6-9,14,17,27H,1-2,10-13,16H2,3-5H3. The number of nitriles is 1. The predicted octanol–water partition coefficient (Wildman–Crippen LogP) is 4.80. The van der Waals surface area contributed by atoms with E-state index in [4.69, 9.17) is 14.2 Å². The zero-order valence-corrected chi connectivity index (χ0v) is 21.9. The minimum atomic E-state index is -0.531. The first-order valence-corrected chi connectivity index (χ1v) is 12.2. The third-order valence-electron chi connectivity index (χ3n) is 4.77. The molecule has 0 spiro atoms. The van der Waals surface area contributed by atoms with E-state index in [2.05, 4.69) is 39.1 Å². The molecule has 1 aromatic heterocycles. The highest BCUT2D eigenvalue weighted by Crippen LogP contribution is 2.34. The van der Waals surface area contributed by atoms with Gasteiger partial charge in [0.05, 0.1) is 30.6 Å². The van der Waals surface area contributed by atoms with E-state index in [1.54, 1.807) is 13.0 Å². The number of nitrogens with zero attached hydrogens (tertiary/aromatic N) is 5. The van der Waals surface area contributed by atoms with Crippen molar-refractivity contribution in [3.63, 3.8) is 0 Å². The van der Waals surface area contributed by atoms with Gasteiger partial charge in [-0.05, 0) is 50.5 Å². The zero-order valence-electron chi connectivity index (χ0n) is 21.1. The van der Waals surface area contributed by atoms with E-state index < -0.39 is 11.9 Å². The van der Waals surface area contributed by atoms with E-state index >= 15 is 0 Å². The Balaban J connectivity index is 2.33. The topological polar surface area (TPSA) is 138 Å². The summed E-state index contributed by atoms with van der Waals surface area (Å²) >= 11 is 1.10. The Kier molecular flexibility index (Phi) is 11.9. The third-order valence-corrected chi connectivity index (χ3v) is 5.60. The summed E-state index contributed by atoms with van der Waals surface area (Å²) in [6, 6.07) is 7.51. The number of azo groups is 1. The van der Waals surface area contributed by atoms with Gasteiger partial charge in [0.2, 0.25) is 0 Å². The summed E-state index contributed by atoms with van der Waals surface area (Å²) in [6.07, 6.45) is 2.19. The number of esters is 2. The molecule has 0 fully saturated rings. The van der Waals surface area contributed by atoms with Crippen LogP contribution in [0.3, 0.4) is 0 Å². The molecule has 2 aromatic rings. The highest BCUT2D eigenvalue weighted by Gasteiger charge is 2.14. The van der Waals surface area contributed by atoms with Crippen molar-refractivity contribution in [2.24, 2.45) is 10.2 Å². The molecule has 2 rings (SSSR count). The molecule has 37 heavy (non-hydrogen) atoms. The third kappa shape index (κ3) is 9.47. The second-order valence-corrected chi connectivity index (χ2v) is 8.48. The van der Waals surface area contributed by atoms with E-state index in [0.717, 1.165) is 29.4 Å². The van der Waals surface area contributed by atoms with Crippen molar-refractivity contribution < 1.29 is 23.8 Å².